The summed E-state index contributed by atoms with van der Waals surface area (Å²) in [5.74, 6) is 0.669. The summed E-state index contributed by atoms with van der Waals surface area (Å²) in [5.41, 5.74) is 0.859. The highest BCUT2D eigenvalue weighted by Crippen LogP contribution is 2.35. The molecule has 0 radical (unpaired) electrons. The van der Waals surface area contributed by atoms with Crippen molar-refractivity contribution in [2.24, 2.45) is 7.05 Å². The molecule has 0 spiro atoms. The van der Waals surface area contributed by atoms with Gasteiger partial charge in [0, 0.05) is 51.2 Å². The standard InChI is InChI=1S/C18H18F3N7/c1-26-12-13(9-24-26)15-10-22-11-16(25-15)27-5-7-28(8-6-27)17-14(18(19,20)21)3-2-4-23-17/h2-4,9-12H,5-8H2,1H3. The fourth-order valence-electron chi connectivity index (χ4n) is 3.22. The third-order valence-electron chi connectivity index (χ3n) is 4.62. The molecule has 28 heavy (non-hydrogen) atoms. The smallest absolute Gasteiger partial charge is 0.353 e. The first-order valence-electron chi connectivity index (χ1n) is 8.75. The van der Waals surface area contributed by atoms with Crippen molar-refractivity contribution >= 4 is 11.6 Å². The number of anilines is 2. The van der Waals surface area contributed by atoms with E-state index in [1.54, 1.807) is 28.2 Å². The highest BCUT2D eigenvalue weighted by molar-refractivity contribution is 5.58. The van der Waals surface area contributed by atoms with Crippen molar-refractivity contribution in [1.82, 2.24) is 24.7 Å². The monoisotopic (exact) mass is 389 g/mol. The van der Waals surface area contributed by atoms with Crippen LogP contribution < -0.4 is 9.80 Å². The number of hydrogen-bond donors (Lipinski definition) is 0. The zero-order valence-corrected chi connectivity index (χ0v) is 15.1. The SMILES string of the molecule is Cn1cc(-c2cncc(N3CCN(c4ncccc4C(F)(F)F)CC3)n2)cn1. The van der Waals surface area contributed by atoms with Gasteiger partial charge >= 0.3 is 6.18 Å². The van der Waals surface area contributed by atoms with E-state index in [4.69, 9.17) is 0 Å². The molecular formula is C18H18F3N7. The van der Waals surface area contributed by atoms with Gasteiger partial charge in [-0.05, 0) is 12.1 Å². The Bertz CT molecular complexity index is 962. The van der Waals surface area contributed by atoms with Crippen LogP contribution in [0.5, 0.6) is 0 Å². The number of alkyl halides is 3. The van der Waals surface area contributed by atoms with Gasteiger partial charge in [0.05, 0.1) is 29.8 Å². The molecule has 0 atom stereocenters. The molecule has 10 heteroatoms. The van der Waals surface area contributed by atoms with Crippen molar-refractivity contribution in [1.29, 1.82) is 0 Å². The fourth-order valence-corrected chi connectivity index (χ4v) is 3.22. The summed E-state index contributed by atoms with van der Waals surface area (Å²) < 4.78 is 41.4. The van der Waals surface area contributed by atoms with Gasteiger partial charge in [-0.2, -0.15) is 18.3 Å². The van der Waals surface area contributed by atoms with Crippen molar-refractivity contribution in [3.05, 3.63) is 48.7 Å². The lowest BCUT2D eigenvalue weighted by Gasteiger charge is -2.36. The van der Waals surface area contributed by atoms with E-state index < -0.39 is 11.7 Å². The van der Waals surface area contributed by atoms with E-state index in [1.165, 1.54) is 12.3 Å². The Morgan fingerprint density at radius 3 is 2.43 bits per heavy atom. The second-order valence-corrected chi connectivity index (χ2v) is 6.51. The molecular weight excluding hydrogens is 371 g/mol. The van der Waals surface area contributed by atoms with Crippen LogP contribution in [-0.2, 0) is 13.2 Å². The molecule has 0 unspecified atom stereocenters. The number of halogens is 3. The van der Waals surface area contributed by atoms with Crippen molar-refractivity contribution in [2.45, 2.75) is 6.18 Å². The molecule has 7 nitrogen and oxygen atoms in total. The number of aromatic nitrogens is 5. The molecule has 3 aromatic rings. The van der Waals surface area contributed by atoms with Crippen LogP contribution in [0.15, 0.2) is 43.1 Å². The predicted molar refractivity (Wildman–Crippen MR) is 97.9 cm³/mol. The van der Waals surface area contributed by atoms with Crippen LogP contribution in [0.2, 0.25) is 0 Å². The van der Waals surface area contributed by atoms with Crippen LogP contribution in [0.25, 0.3) is 11.3 Å². The largest absolute Gasteiger partial charge is 0.419 e. The number of nitrogens with zero attached hydrogens (tertiary/aromatic N) is 7. The molecule has 3 aromatic heterocycles. The van der Waals surface area contributed by atoms with Gasteiger partial charge in [-0.1, -0.05) is 0 Å². The molecule has 0 aromatic carbocycles. The number of hydrogen-bond acceptors (Lipinski definition) is 6. The second-order valence-electron chi connectivity index (χ2n) is 6.51. The minimum atomic E-state index is -4.43. The van der Waals surface area contributed by atoms with E-state index in [-0.39, 0.29) is 5.82 Å². The normalized spacial score (nSPS) is 15.1. The summed E-state index contributed by atoms with van der Waals surface area (Å²) in [6.07, 6.45) is 3.86. The number of pyridine rings is 1. The summed E-state index contributed by atoms with van der Waals surface area (Å²) >= 11 is 0. The Balaban J connectivity index is 1.50. The maximum Gasteiger partial charge on any atom is 0.419 e. The van der Waals surface area contributed by atoms with E-state index in [9.17, 15) is 13.2 Å². The van der Waals surface area contributed by atoms with Crippen LogP contribution in [-0.4, -0.2) is 50.9 Å². The fraction of sp³-hybridized carbons (Fsp3) is 0.333. The average molecular weight is 389 g/mol. The van der Waals surface area contributed by atoms with Gasteiger partial charge in [0.1, 0.15) is 11.6 Å². The first-order chi connectivity index (χ1) is 13.4. The summed E-state index contributed by atoms with van der Waals surface area (Å²) in [6.45, 7) is 1.88. The minimum absolute atomic E-state index is 0.0233. The zero-order valence-electron chi connectivity index (χ0n) is 15.1. The molecule has 1 fully saturated rings. The third-order valence-corrected chi connectivity index (χ3v) is 4.62. The zero-order chi connectivity index (χ0) is 19.7. The first kappa shape index (κ1) is 18.2. The van der Waals surface area contributed by atoms with E-state index in [2.05, 4.69) is 20.1 Å². The molecule has 0 aliphatic carbocycles. The summed E-state index contributed by atoms with van der Waals surface area (Å²) in [4.78, 5) is 16.5. The molecule has 1 aliphatic rings. The number of aryl methyl sites for hydroxylation is 1. The van der Waals surface area contributed by atoms with Gasteiger partial charge in [-0.25, -0.2) is 9.97 Å². The minimum Gasteiger partial charge on any atom is -0.353 e. The molecule has 0 bridgehead atoms. The van der Waals surface area contributed by atoms with Crippen molar-refractivity contribution in [3.63, 3.8) is 0 Å². The van der Waals surface area contributed by atoms with E-state index in [1.807, 2.05) is 18.1 Å². The van der Waals surface area contributed by atoms with E-state index >= 15 is 0 Å². The van der Waals surface area contributed by atoms with Crippen LogP contribution in [0.1, 0.15) is 5.56 Å². The highest BCUT2D eigenvalue weighted by Gasteiger charge is 2.36. The molecule has 1 aliphatic heterocycles. The summed E-state index contributed by atoms with van der Waals surface area (Å²) in [7, 11) is 1.83. The Morgan fingerprint density at radius 1 is 1.00 bits per heavy atom. The van der Waals surface area contributed by atoms with Gasteiger partial charge in [0.2, 0.25) is 0 Å². The Hall–Kier alpha value is -3.17. The van der Waals surface area contributed by atoms with Gasteiger partial charge in [0.25, 0.3) is 0 Å². The highest BCUT2D eigenvalue weighted by atomic mass is 19.4. The molecule has 1 saturated heterocycles. The van der Waals surface area contributed by atoms with Crippen LogP contribution in [0, 0.1) is 0 Å². The molecule has 4 rings (SSSR count). The van der Waals surface area contributed by atoms with Crippen LogP contribution >= 0.6 is 0 Å². The van der Waals surface area contributed by atoms with Gasteiger partial charge in [-0.3, -0.25) is 9.67 Å². The third kappa shape index (κ3) is 3.62. The Kier molecular flexibility index (Phi) is 4.62. The molecule has 4 heterocycles. The maximum absolute atomic E-state index is 13.3. The Morgan fingerprint density at radius 2 is 1.75 bits per heavy atom. The molecule has 0 amide bonds. The maximum atomic E-state index is 13.3. The number of rotatable bonds is 3. The van der Waals surface area contributed by atoms with Gasteiger partial charge in [0.15, 0.2) is 0 Å². The van der Waals surface area contributed by atoms with Crippen LogP contribution in [0.4, 0.5) is 24.8 Å². The van der Waals surface area contributed by atoms with Crippen molar-refractivity contribution in [3.8, 4) is 11.3 Å². The van der Waals surface area contributed by atoms with Gasteiger partial charge < -0.3 is 9.80 Å². The van der Waals surface area contributed by atoms with Gasteiger partial charge in [-0.15, -0.1) is 0 Å². The lowest BCUT2D eigenvalue weighted by molar-refractivity contribution is -0.137. The summed E-state index contributed by atoms with van der Waals surface area (Å²) in [5, 5.41) is 4.14. The van der Waals surface area contributed by atoms with Crippen molar-refractivity contribution in [2.75, 3.05) is 36.0 Å². The first-order valence-corrected chi connectivity index (χ1v) is 8.75. The predicted octanol–water partition coefficient (Wildman–Crippen LogP) is 2.62. The van der Waals surface area contributed by atoms with Crippen molar-refractivity contribution < 1.29 is 13.2 Å². The van der Waals surface area contributed by atoms with E-state index in [0.717, 1.165) is 11.6 Å². The average Bonchev–Trinajstić information content (AvgIpc) is 3.14. The second kappa shape index (κ2) is 7.10. The van der Waals surface area contributed by atoms with E-state index in [0.29, 0.717) is 37.7 Å². The summed E-state index contributed by atoms with van der Waals surface area (Å²) in [6, 6.07) is 2.37. The Labute approximate surface area is 159 Å². The van der Waals surface area contributed by atoms with Crippen LogP contribution in [0.3, 0.4) is 0 Å². The topological polar surface area (TPSA) is 63.0 Å². The number of piperazine rings is 1. The molecule has 0 saturated carbocycles. The quantitative estimate of drug-likeness (QED) is 0.686. The molecule has 0 N–H and O–H groups in total. The lowest BCUT2D eigenvalue weighted by Crippen LogP contribution is -2.47. The lowest BCUT2D eigenvalue weighted by atomic mass is 10.2. The molecule has 146 valence electrons.